The molecule has 1 aromatic rings. The number of fused-ring (bicyclic) bond motifs is 2. The topological polar surface area (TPSA) is 57.1 Å². The van der Waals surface area contributed by atoms with Crippen LogP contribution < -0.4 is 15.9 Å². The monoisotopic (exact) mass is 368 g/mol. The van der Waals surface area contributed by atoms with Gasteiger partial charge in [0.2, 0.25) is 0 Å². The van der Waals surface area contributed by atoms with Crippen molar-refractivity contribution in [3.05, 3.63) is 46.5 Å². The number of amides is 1. The summed E-state index contributed by atoms with van der Waals surface area (Å²) in [6, 6.07) is 7.88. The van der Waals surface area contributed by atoms with Gasteiger partial charge in [-0.1, -0.05) is 55.5 Å². The Morgan fingerprint density at radius 1 is 1.35 bits per heavy atom. The number of thioether (sulfide) groups is 1. The lowest BCUT2D eigenvalue weighted by Crippen LogP contribution is -2.55. The molecule has 0 unspecified atom stereocenters. The SMILES string of the molecule is CCSC1=NN2C(=c3ccccc3=N[C@@H]2[C@@H]2CC=C(C)C[C@@H]2C)C(=O)N1. The molecular weight excluding hydrogens is 344 g/mol. The van der Waals surface area contributed by atoms with Crippen molar-refractivity contribution in [2.75, 3.05) is 5.75 Å². The van der Waals surface area contributed by atoms with Gasteiger partial charge in [0.25, 0.3) is 5.91 Å². The van der Waals surface area contributed by atoms with E-state index in [0.717, 1.165) is 29.2 Å². The predicted octanol–water partition coefficient (Wildman–Crippen LogP) is 2.20. The minimum absolute atomic E-state index is 0.0847. The Labute approximate surface area is 157 Å². The van der Waals surface area contributed by atoms with Crippen LogP contribution in [-0.4, -0.2) is 28.0 Å². The number of hydrogen-bond acceptors (Lipinski definition) is 5. The lowest BCUT2D eigenvalue weighted by molar-refractivity contribution is -0.116. The summed E-state index contributed by atoms with van der Waals surface area (Å²) in [5.41, 5.74) is 2.07. The van der Waals surface area contributed by atoms with Crippen LogP contribution in [0.1, 0.15) is 33.6 Å². The number of hydrogen-bond donors (Lipinski definition) is 1. The molecule has 3 atom stereocenters. The number of rotatable bonds is 2. The third-order valence-electron chi connectivity index (χ3n) is 5.32. The fourth-order valence-electron chi connectivity index (χ4n) is 4.06. The summed E-state index contributed by atoms with van der Waals surface area (Å²) in [6.07, 6.45) is 4.22. The Bertz CT molecular complexity index is 920. The second kappa shape index (κ2) is 6.91. The molecule has 0 saturated carbocycles. The highest BCUT2D eigenvalue weighted by Crippen LogP contribution is 2.36. The third-order valence-corrected chi connectivity index (χ3v) is 6.07. The van der Waals surface area contributed by atoms with Crippen LogP contribution in [0, 0.1) is 11.8 Å². The highest BCUT2D eigenvalue weighted by atomic mass is 32.2. The van der Waals surface area contributed by atoms with Crippen LogP contribution in [0.15, 0.2) is 46.0 Å². The van der Waals surface area contributed by atoms with Gasteiger partial charge in [0.1, 0.15) is 11.9 Å². The molecule has 136 valence electrons. The summed E-state index contributed by atoms with van der Waals surface area (Å²) in [4.78, 5) is 17.9. The van der Waals surface area contributed by atoms with E-state index in [2.05, 4.69) is 32.2 Å². The molecular formula is C20H24N4OS. The Morgan fingerprint density at radius 3 is 2.92 bits per heavy atom. The maximum absolute atomic E-state index is 12.9. The molecule has 0 spiro atoms. The fourth-order valence-corrected chi connectivity index (χ4v) is 4.64. The van der Waals surface area contributed by atoms with Gasteiger partial charge in [-0.05, 0) is 37.5 Å². The molecule has 0 bridgehead atoms. The first-order valence-corrected chi connectivity index (χ1v) is 10.2. The van der Waals surface area contributed by atoms with Gasteiger partial charge in [0.15, 0.2) is 5.17 Å². The van der Waals surface area contributed by atoms with E-state index in [1.807, 2.05) is 29.3 Å². The molecule has 4 rings (SSSR count). The lowest BCUT2D eigenvalue weighted by atomic mass is 9.79. The standard InChI is InChI=1S/C20H24N4OS/c1-4-26-20-22-19(25)17-15-7-5-6-8-16(15)21-18(24(17)23-20)14-10-9-12(2)11-13(14)3/h5-9,13-14,18H,4,10-11H2,1-3H3,(H,22,23,25)/t13-,14+,18-/m0/s1. The van der Waals surface area contributed by atoms with Crippen molar-refractivity contribution < 1.29 is 4.79 Å². The van der Waals surface area contributed by atoms with E-state index in [1.165, 1.54) is 5.57 Å². The van der Waals surface area contributed by atoms with Gasteiger partial charge in [-0.25, -0.2) is 5.01 Å². The van der Waals surface area contributed by atoms with Crippen molar-refractivity contribution in [3.8, 4) is 0 Å². The minimum Gasteiger partial charge on any atom is -0.298 e. The molecule has 1 aromatic carbocycles. The van der Waals surface area contributed by atoms with E-state index in [-0.39, 0.29) is 12.1 Å². The molecule has 6 heteroatoms. The molecule has 0 saturated heterocycles. The molecule has 0 radical (unpaired) electrons. The van der Waals surface area contributed by atoms with E-state index >= 15 is 0 Å². The average Bonchev–Trinajstić information content (AvgIpc) is 2.61. The zero-order valence-electron chi connectivity index (χ0n) is 15.4. The fraction of sp³-hybridized carbons (Fsp3) is 0.450. The summed E-state index contributed by atoms with van der Waals surface area (Å²) in [5.74, 6) is 1.62. The maximum atomic E-state index is 12.9. The summed E-state index contributed by atoms with van der Waals surface area (Å²) < 4.78 is 0. The average molecular weight is 369 g/mol. The Morgan fingerprint density at radius 2 is 2.15 bits per heavy atom. The first-order chi connectivity index (χ1) is 12.6. The number of para-hydroxylation sites is 1. The Balaban J connectivity index is 1.86. The van der Waals surface area contributed by atoms with Crippen molar-refractivity contribution in [1.29, 1.82) is 0 Å². The van der Waals surface area contributed by atoms with Gasteiger partial charge < -0.3 is 0 Å². The quantitative estimate of drug-likeness (QED) is 0.814. The van der Waals surface area contributed by atoms with Crippen LogP contribution in [0.3, 0.4) is 0 Å². The first-order valence-electron chi connectivity index (χ1n) is 9.23. The first kappa shape index (κ1) is 17.3. The largest absolute Gasteiger partial charge is 0.298 e. The molecule has 26 heavy (non-hydrogen) atoms. The van der Waals surface area contributed by atoms with Crippen molar-refractivity contribution in [3.63, 3.8) is 0 Å². The molecule has 3 aliphatic rings. The van der Waals surface area contributed by atoms with Gasteiger partial charge in [-0.2, -0.15) is 0 Å². The van der Waals surface area contributed by atoms with Crippen LogP contribution in [0.5, 0.6) is 0 Å². The molecule has 0 fully saturated rings. The number of carbonyl (C=O) groups is 1. The summed E-state index contributed by atoms with van der Waals surface area (Å²) in [5, 5.41) is 12.0. The zero-order valence-corrected chi connectivity index (χ0v) is 16.2. The Hall–Kier alpha value is -2.08. The molecule has 5 nitrogen and oxygen atoms in total. The summed E-state index contributed by atoms with van der Waals surface area (Å²) in [6.45, 7) is 6.54. The number of benzene rings is 1. The number of amidine groups is 1. The lowest BCUT2D eigenvalue weighted by Gasteiger charge is -2.40. The molecule has 1 N–H and O–H groups in total. The van der Waals surface area contributed by atoms with E-state index in [0.29, 0.717) is 22.7 Å². The van der Waals surface area contributed by atoms with Gasteiger partial charge in [0, 0.05) is 11.1 Å². The maximum Gasteiger partial charge on any atom is 0.276 e. The smallest absolute Gasteiger partial charge is 0.276 e. The Kier molecular flexibility index (Phi) is 4.61. The van der Waals surface area contributed by atoms with Gasteiger partial charge >= 0.3 is 0 Å². The molecule has 2 aliphatic heterocycles. The second-order valence-electron chi connectivity index (χ2n) is 7.18. The van der Waals surface area contributed by atoms with E-state index in [1.54, 1.807) is 11.8 Å². The molecule has 2 heterocycles. The predicted molar refractivity (Wildman–Crippen MR) is 106 cm³/mol. The van der Waals surface area contributed by atoms with Crippen molar-refractivity contribution in [1.82, 2.24) is 10.3 Å². The molecule has 1 amide bonds. The van der Waals surface area contributed by atoms with E-state index in [9.17, 15) is 4.79 Å². The number of allylic oxidation sites excluding steroid dienone is 2. The van der Waals surface area contributed by atoms with E-state index < -0.39 is 0 Å². The summed E-state index contributed by atoms with van der Waals surface area (Å²) in [7, 11) is 0. The van der Waals surface area contributed by atoms with Crippen LogP contribution in [0.25, 0.3) is 5.70 Å². The van der Waals surface area contributed by atoms with Crippen LogP contribution in [0.2, 0.25) is 0 Å². The van der Waals surface area contributed by atoms with Crippen molar-refractivity contribution in [2.24, 2.45) is 21.9 Å². The molecule has 1 aliphatic carbocycles. The van der Waals surface area contributed by atoms with Crippen molar-refractivity contribution >= 4 is 28.5 Å². The van der Waals surface area contributed by atoms with E-state index in [4.69, 9.17) is 10.1 Å². The molecule has 0 aromatic heterocycles. The van der Waals surface area contributed by atoms with Crippen LogP contribution >= 0.6 is 11.8 Å². The van der Waals surface area contributed by atoms with Gasteiger partial charge in [0.05, 0.1) is 5.36 Å². The number of hydrazone groups is 1. The van der Waals surface area contributed by atoms with Crippen LogP contribution in [-0.2, 0) is 4.79 Å². The number of carbonyl (C=O) groups excluding carboxylic acids is 1. The zero-order chi connectivity index (χ0) is 18.3. The normalized spacial score (nSPS) is 27.7. The highest BCUT2D eigenvalue weighted by molar-refractivity contribution is 8.13. The van der Waals surface area contributed by atoms with Gasteiger partial charge in [-0.3, -0.25) is 15.1 Å². The minimum atomic E-state index is -0.141. The van der Waals surface area contributed by atoms with Crippen LogP contribution in [0.4, 0.5) is 0 Å². The van der Waals surface area contributed by atoms with Gasteiger partial charge in [-0.15, -0.1) is 5.10 Å². The summed E-state index contributed by atoms with van der Waals surface area (Å²) >= 11 is 1.55. The third kappa shape index (κ3) is 2.96. The number of nitrogens with zero attached hydrogens (tertiary/aromatic N) is 3. The highest BCUT2D eigenvalue weighted by Gasteiger charge is 2.39. The number of nitrogens with one attached hydrogen (secondary N) is 1. The van der Waals surface area contributed by atoms with Crippen molar-refractivity contribution in [2.45, 2.75) is 39.8 Å². The second-order valence-corrected chi connectivity index (χ2v) is 8.43.